The molecule has 53 heavy (non-hydrogen) atoms. The van der Waals surface area contributed by atoms with Gasteiger partial charge in [-0.1, -0.05) is 59.6 Å². The van der Waals surface area contributed by atoms with Gasteiger partial charge in [0.2, 0.25) is 0 Å². The van der Waals surface area contributed by atoms with Crippen LogP contribution in [0, 0.1) is 11.6 Å². The van der Waals surface area contributed by atoms with E-state index in [2.05, 4.69) is 19.8 Å². The molecule has 9 nitrogen and oxygen atoms in total. The minimum absolute atomic E-state index is 0. The Bertz CT molecular complexity index is 2410. The van der Waals surface area contributed by atoms with Gasteiger partial charge in [0, 0.05) is 64.7 Å². The van der Waals surface area contributed by atoms with Crippen LogP contribution in [0.15, 0.2) is 84.9 Å². The first-order chi connectivity index (χ1) is 25.0. The smallest absolute Gasteiger partial charge is 0.325 e. The topological polar surface area (TPSA) is 109 Å². The number of rotatable bonds is 5. The van der Waals surface area contributed by atoms with Gasteiger partial charge in [-0.05, 0) is 70.8 Å². The number of nitrogens with one attached hydrogen (secondary N) is 2. The summed E-state index contributed by atoms with van der Waals surface area (Å²) in [6.07, 6.45) is 0.903. The number of imide groups is 1. The van der Waals surface area contributed by atoms with E-state index in [4.69, 9.17) is 23.2 Å². The fourth-order valence-electron chi connectivity index (χ4n) is 7.59. The van der Waals surface area contributed by atoms with Gasteiger partial charge >= 0.3 is 12.0 Å². The summed E-state index contributed by atoms with van der Waals surface area (Å²) in [5.41, 5.74) is 7.98. The number of hydrogen-bond acceptors (Lipinski definition) is 4. The van der Waals surface area contributed by atoms with Crippen molar-refractivity contribution in [1.82, 2.24) is 24.7 Å². The van der Waals surface area contributed by atoms with Gasteiger partial charge < -0.3 is 19.1 Å². The summed E-state index contributed by atoms with van der Waals surface area (Å²) in [7, 11) is 0. The number of halogens is 5. The Labute approximate surface area is 318 Å². The van der Waals surface area contributed by atoms with Gasteiger partial charge in [-0.25, -0.2) is 13.6 Å². The second-order valence-corrected chi connectivity index (χ2v) is 14.1. The van der Waals surface area contributed by atoms with Gasteiger partial charge in [0.25, 0.3) is 5.91 Å². The van der Waals surface area contributed by atoms with Crippen molar-refractivity contribution >= 4 is 75.3 Å². The lowest BCUT2D eigenvalue weighted by Gasteiger charge is -2.28. The van der Waals surface area contributed by atoms with E-state index in [9.17, 15) is 28.3 Å². The first kappa shape index (κ1) is 36.4. The fraction of sp³-hybridized carbons (Fsp3) is 0.205. The molecule has 2 aromatic heterocycles. The predicted octanol–water partition coefficient (Wildman–Crippen LogP) is 7.46. The van der Waals surface area contributed by atoms with Gasteiger partial charge in [-0.2, -0.15) is 0 Å². The molecule has 6 aromatic rings. The van der Waals surface area contributed by atoms with Gasteiger partial charge in [-0.3, -0.25) is 20.2 Å². The SMILES string of the molecule is Cl.O=C(O)C1Cc2c(n(Cc3ccc(F)cc3)c3cc(Cl)ccc23)CN1.O=C1NC(=O)N2Cc3c(c4ccc(Cl)cc4n3Cc3ccc(F)cc3)C[C@@H]12. The molecule has 9 rings (SSSR count). The van der Waals surface area contributed by atoms with Crippen LogP contribution < -0.4 is 10.6 Å². The predicted molar refractivity (Wildman–Crippen MR) is 201 cm³/mol. The minimum Gasteiger partial charge on any atom is -0.480 e. The standard InChI is InChI=1S/C20H15ClFN3O2.C19H16ClFN2O2.ClH/c21-12-3-6-14-15-8-17-19(26)23-20(27)25(17)10-18(15)24(16(14)7-12)9-11-1-4-13(22)5-2-11;20-12-3-6-14-15-8-16(19(24)25)22-9-18(15)23(17(14)7-12)10-11-1-4-13(21)5-2-11;/h1-7,17H,8-10H2,(H,23,26,27);1-7,16,22H,8-10H2,(H,24,25);1H/t17-;;/m0../s1. The lowest BCUT2D eigenvalue weighted by Crippen LogP contribution is -2.42. The highest BCUT2D eigenvalue weighted by atomic mass is 35.5. The number of carboxylic acid groups (broad SMARTS) is 1. The lowest BCUT2D eigenvalue weighted by molar-refractivity contribution is -0.139. The second kappa shape index (κ2) is 14.5. The minimum atomic E-state index is -0.848. The van der Waals surface area contributed by atoms with Crippen molar-refractivity contribution in [1.29, 1.82) is 0 Å². The molecule has 1 fully saturated rings. The molecule has 5 heterocycles. The Balaban J connectivity index is 0.000000162. The zero-order chi connectivity index (χ0) is 36.3. The van der Waals surface area contributed by atoms with E-state index >= 15 is 0 Å². The van der Waals surface area contributed by atoms with Crippen LogP contribution in [0.4, 0.5) is 13.6 Å². The number of carbonyl (C=O) groups excluding carboxylic acids is 2. The number of urea groups is 1. The third kappa shape index (κ3) is 6.86. The molecule has 0 radical (unpaired) electrons. The van der Waals surface area contributed by atoms with E-state index < -0.39 is 18.1 Å². The highest BCUT2D eigenvalue weighted by Gasteiger charge is 2.43. The molecule has 0 bridgehead atoms. The normalized spacial score (nSPS) is 17.4. The molecule has 1 saturated heterocycles. The van der Waals surface area contributed by atoms with Crippen molar-refractivity contribution in [3.05, 3.63) is 140 Å². The number of hydrogen-bond donors (Lipinski definition) is 3. The number of fused-ring (bicyclic) bond motifs is 7. The first-order valence-corrected chi connectivity index (χ1v) is 17.4. The third-order valence-electron chi connectivity index (χ3n) is 10.1. The van der Waals surface area contributed by atoms with Crippen molar-refractivity contribution in [3.63, 3.8) is 0 Å². The highest BCUT2D eigenvalue weighted by Crippen LogP contribution is 2.37. The summed E-state index contributed by atoms with van der Waals surface area (Å²) in [4.78, 5) is 37.2. The Hall–Kier alpha value is -4.94. The maximum Gasteiger partial charge on any atom is 0.325 e. The Morgan fingerprint density at radius 2 is 1.26 bits per heavy atom. The average Bonchev–Trinajstić information content (AvgIpc) is 3.70. The number of carboxylic acids is 1. The van der Waals surface area contributed by atoms with E-state index in [1.165, 1.54) is 24.3 Å². The number of nitrogens with zero attached hydrogens (tertiary/aromatic N) is 3. The monoisotopic (exact) mass is 777 g/mol. The average molecular weight is 779 g/mol. The van der Waals surface area contributed by atoms with Crippen molar-refractivity contribution in [3.8, 4) is 0 Å². The van der Waals surface area contributed by atoms with E-state index in [0.29, 0.717) is 49.1 Å². The number of amides is 3. The number of carbonyl (C=O) groups is 3. The lowest BCUT2D eigenvalue weighted by atomic mass is 9.97. The Morgan fingerprint density at radius 1 is 0.755 bits per heavy atom. The van der Waals surface area contributed by atoms with Crippen LogP contribution in [0.3, 0.4) is 0 Å². The molecule has 3 aliphatic heterocycles. The highest BCUT2D eigenvalue weighted by molar-refractivity contribution is 6.31. The van der Waals surface area contributed by atoms with Crippen molar-refractivity contribution < 1.29 is 28.3 Å². The van der Waals surface area contributed by atoms with Gasteiger partial charge in [-0.15, -0.1) is 12.4 Å². The van der Waals surface area contributed by atoms with E-state index in [1.807, 2.05) is 36.4 Å². The van der Waals surface area contributed by atoms with Crippen molar-refractivity contribution in [2.45, 2.75) is 51.1 Å². The molecule has 0 aliphatic carbocycles. The molecule has 0 spiro atoms. The quantitative estimate of drug-likeness (QED) is 0.158. The maximum atomic E-state index is 13.3. The zero-order valence-corrected chi connectivity index (χ0v) is 30.2. The third-order valence-corrected chi connectivity index (χ3v) is 10.6. The fourth-order valence-corrected chi connectivity index (χ4v) is 7.93. The van der Waals surface area contributed by atoms with Crippen LogP contribution >= 0.6 is 35.6 Å². The van der Waals surface area contributed by atoms with Gasteiger partial charge in [0.1, 0.15) is 23.7 Å². The molecule has 14 heteroatoms. The summed E-state index contributed by atoms with van der Waals surface area (Å²) < 4.78 is 30.7. The van der Waals surface area contributed by atoms with Crippen LogP contribution in [-0.2, 0) is 48.6 Å². The van der Waals surface area contributed by atoms with Crippen LogP contribution in [0.25, 0.3) is 21.8 Å². The van der Waals surface area contributed by atoms with Crippen molar-refractivity contribution in [2.75, 3.05) is 0 Å². The van der Waals surface area contributed by atoms with E-state index in [0.717, 1.165) is 55.4 Å². The largest absolute Gasteiger partial charge is 0.480 e. The molecule has 1 unspecified atom stereocenters. The Morgan fingerprint density at radius 3 is 1.79 bits per heavy atom. The van der Waals surface area contributed by atoms with E-state index in [-0.39, 0.29) is 36.0 Å². The summed E-state index contributed by atoms with van der Waals surface area (Å²) >= 11 is 12.4. The van der Waals surface area contributed by atoms with E-state index in [1.54, 1.807) is 29.2 Å². The van der Waals surface area contributed by atoms with Crippen LogP contribution in [0.2, 0.25) is 10.0 Å². The van der Waals surface area contributed by atoms with Gasteiger partial charge in [0.15, 0.2) is 0 Å². The number of aliphatic carboxylic acids is 1. The summed E-state index contributed by atoms with van der Waals surface area (Å²) in [6, 6.07) is 22.7. The summed E-state index contributed by atoms with van der Waals surface area (Å²) in [5.74, 6) is -1.65. The molecule has 3 aliphatic rings. The van der Waals surface area contributed by atoms with Crippen LogP contribution in [0.1, 0.15) is 33.6 Å². The number of benzene rings is 4. The maximum absolute atomic E-state index is 13.3. The number of aromatic nitrogens is 2. The molecule has 3 amide bonds. The summed E-state index contributed by atoms with van der Waals surface area (Å²) in [5, 5.41) is 18.1. The van der Waals surface area contributed by atoms with Crippen molar-refractivity contribution in [2.24, 2.45) is 0 Å². The molecular weight excluding hydrogens is 747 g/mol. The van der Waals surface area contributed by atoms with Crippen LogP contribution in [0.5, 0.6) is 0 Å². The molecule has 4 aromatic carbocycles. The first-order valence-electron chi connectivity index (χ1n) is 16.7. The Kier molecular flexibility index (Phi) is 9.94. The molecule has 3 N–H and O–H groups in total. The molecule has 0 saturated carbocycles. The zero-order valence-electron chi connectivity index (χ0n) is 27.9. The van der Waals surface area contributed by atoms with Gasteiger partial charge in [0.05, 0.1) is 17.6 Å². The molecule has 2 atom stereocenters. The second-order valence-electron chi connectivity index (χ2n) is 13.2. The summed E-state index contributed by atoms with van der Waals surface area (Å²) in [6.45, 7) is 1.93. The molecule has 272 valence electrons. The van der Waals surface area contributed by atoms with Crippen LogP contribution in [-0.4, -0.2) is 49.1 Å². The molecular formula is C39H32Cl3F2N5O4.